The molecule has 0 aliphatic rings. The van der Waals surface area contributed by atoms with Crippen molar-refractivity contribution < 1.29 is 14.5 Å². The van der Waals surface area contributed by atoms with E-state index in [-0.39, 0.29) is 12.3 Å². The number of aromatic nitrogens is 1. The van der Waals surface area contributed by atoms with Crippen LogP contribution in [0.3, 0.4) is 0 Å². The van der Waals surface area contributed by atoms with Gasteiger partial charge in [0.25, 0.3) is 5.69 Å². The van der Waals surface area contributed by atoms with E-state index >= 15 is 0 Å². The summed E-state index contributed by atoms with van der Waals surface area (Å²) in [6.45, 7) is 0.724. The third-order valence-electron chi connectivity index (χ3n) is 2.89. The smallest absolute Gasteiger partial charge is 0.411 e. The van der Waals surface area contributed by atoms with E-state index in [0.717, 1.165) is 0 Å². The van der Waals surface area contributed by atoms with Crippen LogP contribution in [0.25, 0.3) is 0 Å². The fourth-order valence-electron chi connectivity index (χ4n) is 1.77. The zero-order valence-corrected chi connectivity index (χ0v) is 13.3. The number of nitrogens with one attached hydrogen (secondary N) is 2. The Hall–Kier alpha value is -2.87. The minimum Gasteiger partial charge on any atom is -0.449 e. The molecule has 1 heterocycles. The molecular formula is C15H15ClN4O4. The molecule has 0 unspecified atom stereocenters. The summed E-state index contributed by atoms with van der Waals surface area (Å²) in [5.41, 5.74) is 0.488. The number of carbonyl (C=O) groups is 1. The lowest BCUT2D eigenvalue weighted by atomic mass is 10.3. The predicted molar refractivity (Wildman–Crippen MR) is 90.4 cm³/mol. The summed E-state index contributed by atoms with van der Waals surface area (Å²) >= 11 is 5.82. The van der Waals surface area contributed by atoms with Crippen molar-refractivity contribution in [2.45, 2.75) is 6.42 Å². The fourth-order valence-corrected chi connectivity index (χ4v) is 1.96. The zero-order chi connectivity index (χ0) is 17.4. The highest BCUT2D eigenvalue weighted by Gasteiger charge is 2.05. The molecule has 0 saturated heterocycles. The number of amides is 1. The van der Waals surface area contributed by atoms with Gasteiger partial charge in [-0.2, -0.15) is 0 Å². The molecule has 8 nitrogen and oxygen atoms in total. The van der Waals surface area contributed by atoms with Gasteiger partial charge < -0.3 is 10.1 Å². The number of anilines is 2. The molecule has 0 spiro atoms. The Labute approximate surface area is 142 Å². The van der Waals surface area contributed by atoms with Crippen LogP contribution < -0.4 is 10.6 Å². The number of halogens is 1. The van der Waals surface area contributed by atoms with E-state index in [1.807, 2.05) is 0 Å². The first-order chi connectivity index (χ1) is 11.5. The monoisotopic (exact) mass is 350 g/mol. The molecular weight excluding hydrogens is 336 g/mol. The van der Waals surface area contributed by atoms with Crippen LogP contribution >= 0.6 is 11.6 Å². The molecule has 1 aromatic heterocycles. The summed E-state index contributed by atoms with van der Waals surface area (Å²) < 4.78 is 5.03. The summed E-state index contributed by atoms with van der Waals surface area (Å²) in [6.07, 6.45) is 1.17. The minimum absolute atomic E-state index is 0.0680. The van der Waals surface area contributed by atoms with E-state index in [9.17, 15) is 14.9 Å². The van der Waals surface area contributed by atoms with Crippen LogP contribution in [-0.4, -0.2) is 29.2 Å². The first kappa shape index (κ1) is 17.5. The lowest BCUT2D eigenvalue weighted by Crippen LogP contribution is -2.16. The minimum atomic E-state index is -0.564. The molecule has 0 atom stereocenters. The molecule has 0 saturated carbocycles. The number of rotatable bonds is 7. The van der Waals surface area contributed by atoms with E-state index in [0.29, 0.717) is 29.5 Å². The molecule has 0 radical (unpaired) electrons. The lowest BCUT2D eigenvalue weighted by molar-refractivity contribution is -0.385. The normalized spacial score (nSPS) is 10.0. The van der Waals surface area contributed by atoms with Gasteiger partial charge in [0.1, 0.15) is 12.0 Å². The molecule has 1 amide bonds. The maximum Gasteiger partial charge on any atom is 0.411 e. The average Bonchev–Trinajstić information content (AvgIpc) is 2.55. The number of carbonyl (C=O) groups excluding carboxylic acids is 1. The van der Waals surface area contributed by atoms with Crippen molar-refractivity contribution in [1.82, 2.24) is 4.98 Å². The second-order valence-electron chi connectivity index (χ2n) is 4.71. The summed E-state index contributed by atoms with van der Waals surface area (Å²) in [6, 6.07) is 9.63. The van der Waals surface area contributed by atoms with Crippen molar-refractivity contribution >= 4 is 34.9 Å². The van der Waals surface area contributed by atoms with Crippen LogP contribution in [0, 0.1) is 10.1 Å². The van der Waals surface area contributed by atoms with Crippen LogP contribution in [0.4, 0.5) is 22.0 Å². The van der Waals surface area contributed by atoms with Gasteiger partial charge in [-0.15, -0.1) is 0 Å². The maximum atomic E-state index is 11.6. The number of hydrogen-bond acceptors (Lipinski definition) is 6. The van der Waals surface area contributed by atoms with E-state index < -0.39 is 11.0 Å². The SMILES string of the molecule is O=C(Nc1cccc(Cl)c1)OCCCNc1ccc([N+](=O)[O-])cn1. The number of hydrogen-bond donors (Lipinski definition) is 2. The molecule has 0 fully saturated rings. The van der Waals surface area contributed by atoms with Gasteiger partial charge in [-0.05, 0) is 30.7 Å². The zero-order valence-electron chi connectivity index (χ0n) is 12.6. The maximum absolute atomic E-state index is 11.6. The molecule has 0 aliphatic heterocycles. The van der Waals surface area contributed by atoms with Crippen LogP contribution in [-0.2, 0) is 4.74 Å². The van der Waals surface area contributed by atoms with Crippen molar-refractivity contribution in [3.63, 3.8) is 0 Å². The Morgan fingerprint density at radius 2 is 2.17 bits per heavy atom. The molecule has 0 aliphatic carbocycles. The molecule has 2 rings (SSSR count). The van der Waals surface area contributed by atoms with Crippen LogP contribution in [0.2, 0.25) is 5.02 Å². The first-order valence-electron chi connectivity index (χ1n) is 7.08. The van der Waals surface area contributed by atoms with Crippen molar-refractivity contribution in [1.29, 1.82) is 0 Å². The van der Waals surface area contributed by atoms with E-state index in [1.165, 1.54) is 18.3 Å². The lowest BCUT2D eigenvalue weighted by Gasteiger charge is -2.08. The van der Waals surface area contributed by atoms with Gasteiger partial charge in [0.05, 0.1) is 11.5 Å². The summed E-state index contributed by atoms with van der Waals surface area (Å²) in [7, 11) is 0. The van der Waals surface area contributed by atoms with Gasteiger partial charge in [0.15, 0.2) is 0 Å². The van der Waals surface area contributed by atoms with E-state index in [4.69, 9.17) is 16.3 Å². The van der Waals surface area contributed by atoms with Gasteiger partial charge in [-0.3, -0.25) is 15.4 Å². The molecule has 0 bridgehead atoms. The third kappa shape index (κ3) is 5.73. The standard InChI is InChI=1S/C15H15ClN4O4/c16-11-3-1-4-12(9-11)19-15(21)24-8-2-7-17-14-6-5-13(10-18-14)20(22)23/h1,3-6,9-10H,2,7-8H2,(H,17,18)(H,19,21). The number of nitro groups is 1. The van der Waals surface area contributed by atoms with Crippen LogP contribution in [0.1, 0.15) is 6.42 Å². The summed E-state index contributed by atoms with van der Waals surface area (Å²) in [5, 5.41) is 16.6. The summed E-state index contributed by atoms with van der Waals surface area (Å²) in [4.78, 5) is 25.5. The molecule has 2 N–H and O–H groups in total. The van der Waals surface area contributed by atoms with Gasteiger partial charge >= 0.3 is 6.09 Å². The topological polar surface area (TPSA) is 106 Å². The largest absolute Gasteiger partial charge is 0.449 e. The Morgan fingerprint density at radius 3 is 2.83 bits per heavy atom. The third-order valence-corrected chi connectivity index (χ3v) is 3.13. The highest BCUT2D eigenvalue weighted by Crippen LogP contribution is 2.15. The van der Waals surface area contributed by atoms with Crippen LogP contribution in [0.15, 0.2) is 42.6 Å². The van der Waals surface area contributed by atoms with Crippen molar-refractivity contribution in [2.24, 2.45) is 0 Å². The van der Waals surface area contributed by atoms with E-state index in [1.54, 1.807) is 24.3 Å². The fraction of sp³-hybridized carbons (Fsp3) is 0.200. The number of benzene rings is 1. The van der Waals surface area contributed by atoms with Gasteiger partial charge in [-0.25, -0.2) is 9.78 Å². The molecule has 126 valence electrons. The second kappa shape index (κ2) is 8.68. The van der Waals surface area contributed by atoms with E-state index in [2.05, 4.69) is 15.6 Å². The van der Waals surface area contributed by atoms with Crippen molar-refractivity contribution in [3.05, 3.63) is 57.7 Å². The van der Waals surface area contributed by atoms with Crippen LogP contribution in [0.5, 0.6) is 0 Å². The number of nitrogens with zero attached hydrogens (tertiary/aromatic N) is 2. The van der Waals surface area contributed by atoms with Crippen molar-refractivity contribution in [2.75, 3.05) is 23.8 Å². The first-order valence-corrected chi connectivity index (χ1v) is 7.46. The average molecular weight is 351 g/mol. The van der Waals surface area contributed by atoms with Crippen molar-refractivity contribution in [3.8, 4) is 0 Å². The van der Waals surface area contributed by atoms with Gasteiger partial charge in [-0.1, -0.05) is 17.7 Å². The highest BCUT2D eigenvalue weighted by atomic mass is 35.5. The molecule has 9 heteroatoms. The Kier molecular flexibility index (Phi) is 6.32. The Bertz CT molecular complexity index is 709. The molecule has 1 aromatic carbocycles. The highest BCUT2D eigenvalue weighted by molar-refractivity contribution is 6.30. The van der Waals surface area contributed by atoms with Gasteiger partial charge in [0, 0.05) is 23.3 Å². The number of ether oxygens (including phenoxy) is 1. The Balaban J connectivity index is 1.64. The number of pyridine rings is 1. The quantitative estimate of drug-likeness (QED) is 0.448. The predicted octanol–water partition coefficient (Wildman–Crippen LogP) is 3.69. The van der Waals surface area contributed by atoms with Gasteiger partial charge in [0.2, 0.25) is 0 Å². The Morgan fingerprint density at radius 1 is 1.33 bits per heavy atom. The second-order valence-corrected chi connectivity index (χ2v) is 5.15. The molecule has 24 heavy (non-hydrogen) atoms. The summed E-state index contributed by atoms with van der Waals surface area (Å²) in [5.74, 6) is 0.518. The molecule has 2 aromatic rings.